The van der Waals surface area contributed by atoms with Gasteiger partial charge in [0.1, 0.15) is 0 Å². The molecule has 98 valence electrons. The minimum Gasteiger partial charge on any atom is -0.481 e. The Labute approximate surface area is 113 Å². The number of hydrogen-bond acceptors (Lipinski definition) is 3. The minimum absolute atomic E-state index is 0.653. The lowest BCUT2D eigenvalue weighted by Gasteiger charge is -2.14. The maximum absolute atomic E-state index is 5.21. The van der Waals surface area contributed by atoms with Crippen LogP contribution in [0.25, 0.3) is 11.1 Å². The Morgan fingerprint density at radius 2 is 2.11 bits per heavy atom. The summed E-state index contributed by atoms with van der Waals surface area (Å²) < 4.78 is 5.21. The van der Waals surface area contributed by atoms with Crippen molar-refractivity contribution < 1.29 is 4.74 Å². The Morgan fingerprint density at radius 1 is 1.21 bits per heavy atom. The monoisotopic (exact) mass is 254 g/mol. The van der Waals surface area contributed by atoms with Crippen molar-refractivity contribution >= 4 is 5.69 Å². The largest absolute Gasteiger partial charge is 0.481 e. The van der Waals surface area contributed by atoms with Gasteiger partial charge in [0.2, 0.25) is 5.88 Å². The topological polar surface area (TPSA) is 34.2 Å². The lowest BCUT2D eigenvalue weighted by atomic mass is 9.98. The van der Waals surface area contributed by atoms with Crippen molar-refractivity contribution in [3.8, 4) is 17.0 Å². The second-order valence-electron chi connectivity index (χ2n) is 4.82. The van der Waals surface area contributed by atoms with Crippen LogP contribution in [0.2, 0.25) is 0 Å². The third-order valence-electron chi connectivity index (χ3n) is 3.79. The molecule has 1 aliphatic rings. The number of anilines is 1. The van der Waals surface area contributed by atoms with Gasteiger partial charge < -0.3 is 10.1 Å². The maximum Gasteiger partial charge on any atom is 0.213 e. The van der Waals surface area contributed by atoms with Crippen LogP contribution in [0.4, 0.5) is 5.69 Å². The van der Waals surface area contributed by atoms with Gasteiger partial charge in [0.25, 0.3) is 0 Å². The highest BCUT2D eigenvalue weighted by atomic mass is 16.5. The molecule has 0 spiro atoms. The fourth-order valence-electron chi connectivity index (χ4n) is 2.88. The molecule has 2 aromatic rings. The van der Waals surface area contributed by atoms with Gasteiger partial charge in [0.15, 0.2) is 0 Å². The smallest absolute Gasteiger partial charge is 0.213 e. The molecule has 3 nitrogen and oxygen atoms in total. The van der Waals surface area contributed by atoms with Crippen LogP contribution in [0.15, 0.2) is 30.5 Å². The number of rotatable bonds is 3. The van der Waals surface area contributed by atoms with E-state index in [0.717, 1.165) is 5.56 Å². The first-order valence-corrected chi connectivity index (χ1v) is 6.66. The summed E-state index contributed by atoms with van der Waals surface area (Å²) in [5.74, 6) is 0.653. The van der Waals surface area contributed by atoms with Gasteiger partial charge in [-0.05, 0) is 42.0 Å². The quantitative estimate of drug-likeness (QED) is 0.912. The summed E-state index contributed by atoms with van der Waals surface area (Å²) >= 11 is 0. The van der Waals surface area contributed by atoms with Crippen molar-refractivity contribution in [3.63, 3.8) is 0 Å². The van der Waals surface area contributed by atoms with Crippen LogP contribution in [-0.4, -0.2) is 19.1 Å². The third kappa shape index (κ3) is 2.05. The molecule has 0 radical (unpaired) electrons. The van der Waals surface area contributed by atoms with Gasteiger partial charge in [0.05, 0.1) is 7.11 Å². The van der Waals surface area contributed by atoms with Gasteiger partial charge in [-0.3, -0.25) is 0 Å². The molecule has 3 heteroatoms. The Balaban J connectivity index is 2.14. The number of nitrogens with one attached hydrogen (secondary N) is 1. The Morgan fingerprint density at radius 3 is 2.89 bits per heavy atom. The molecule has 0 amide bonds. The highest BCUT2D eigenvalue weighted by Crippen LogP contribution is 2.37. The van der Waals surface area contributed by atoms with E-state index in [-0.39, 0.29) is 0 Å². The van der Waals surface area contributed by atoms with E-state index in [9.17, 15) is 0 Å². The number of methoxy groups -OCH3 is 1. The second-order valence-corrected chi connectivity index (χ2v) is 4.82. The average Bonchev–Trinajstić information content (AvgIpc) is 2.94. The van der Waals surface area contributed by atoms with E-state index >= 15 is 0 Å². The number of aromatic nitrogens is 1. The minimum atomic E-state index is 0.653. The van der Waals surface area contributed by atoms with E-state index in [1.54, 1.807) is 13.3 Å². The fourth-order valence-corrected chi connectivity index (χ4v) is 2.88. The number of hydrogen-bond donors (Lipinski definition) is 1. The SMILES string of the molecule is CNc1c(-c2ccnc(OC)c2)ccc2c1CCC2. The first-order chi connectivity index (χ1) is 9.33. The van der Waals surface area contributed by atoms with Crippen molar-refractivity contribution in [3.05, 3.63) is 41.6 Å². The molecule has 0 saturated heterocycles. The molecule has 19 heavy (non-hydrogen) atoms. The number of pyridine rings is 1. The molecular weight excluding hydrogens is 236 g/mol. The summed E-state index contributed by atoms with van der Waals surface area (Å²) in [6.45, 7) is 0. The molecule has 1 aromatic heterocycles. The van der Waals surface area contributed by atoms with Gasteiger partial charge in [0, 0.05) is 30.6 Å². The summed E-state index contributed by atoms with van der Waals surface area (Å²) in [4.78, 5) is 4.17. The predicted molar refractivity (Wildman–Crippen MR) is 77.8 cm³/mol. The number of aryl methyl sites for hydroxylation is 1. The molecule has 0 saturated carbocycles. The maximum atomic E-state index is 5.21. The molecule has 0 atom stereocenters. The average molecular weight is 254 g/mol. The molecule has 3 rings (SSSR count). The van der Waals surface area contributed by atoms with Crippen molar-refractivity contribution in [2.24, 2.45) is 0 Å². The van der Waals surface area contributed by atoms with Crippen LogP contribution in [0, 0.1) is 0 Å². The van der Waals surface area contributed by atoms with Crippen molar-refractivity contribution in [2.75, 3.05) is 19.5 Å². The van der Waals surface area contributed by atoms with Crippen molar-refractivity contribution in [2.45, 2.75) is 19.3 Å². The highest BCUT2D eigenvalue weighted by Gasteiger charge is 2.18. The number of ether oxygens (including phenoxy) is 1. The molecular formula is C16H18N2O. The van der Waals surface area contributed by atoms with Gasteiger partial charge in [-0.25, -0.2) is 4.98 Å². The standard InChI is InChI=1S/C16H18N2O/c1-17-16-13-5-3-4-11(13)6-7-14(16)12-8-9-18-15(10-12)19-2/h6-10,17H,3-5H2,1-2H3. The number of nitrogens with zero attached hydrogens (tertiary/aromatic N) is 1. The molecule has 0 fully saturated rings. The fraction of sp³-hybridized carbons (Fsp3) is 0.312. The molecule has 1 aromatic carbocycles. The van der Waals surface area contributed by atoms with Crippen LogP contribution < -0.4 is 10.1 Å². The van der Waals surface area contributed by atoms with Crippen LogP contribution >= 0.6 is 0 Å². The van der Waals surface area contributed by atoms with E-state index in [4.69, 9.17) is 4.74 Å². The molecule has 1 heterocycles. The highest BCUT2D eigenvalue weighted by molar-refractivity contribution is 5.81. The summed E-state index contributed by atoms with van der Waals surface area (Å²) in [6, 6.07) is 8.47. The van der Waals surface area contributed by atoms with Crippen molar-refractivity contribution in [1.82, 2.24) is 4.98 Å². The molecule has 0 bridgehead atoms. The van der Waals surface area contributed by atoms with E-state index in [2.05, 4.69) is 22.4 Å². The van der Waals surface area contributed by atoms with Crippen molar-refractivity contribution in [1.29, 1.82) is 0 Å². The lowest BCUT2D eigenvalue weighted by molar-refractivity contribution is 0.398. The Hall–Kier alpha value is -2.03. The van der Waals surface area contributed by atoms with E-state index in [1.807, 2.05) is 19.2 Å². The van der Waals surface area contributed by atoms with Crippen LogP contribution in [0.3, 0.4) is 0 Å². The van der Waals surface area contributed by atoms with Gasteiger partial charge in [-0.2, -0.15) is 0 Å². The first kappa shape index (κ1) is 12.0. The van der Waals surface area contributed by atoms with E-state index < -0.39 is 0 Å². The Kier molecular flexibility index (Phi) is 3.11. The van der Waals surface area contributed by atoms with Crippen LogP contribution in [-0.2, 0) is 12.8 Å². The zero-order valence-electron chi connectivity index (χ0n) is 11.4. The molecule has 1 N–H and O–H groups in total. The zero-order valence-corrected chi connectivity index (χ0v) is 11.4. The van der Waals surface area contributed by atoms with Crippen LogP contribution in [0.1, 0.15) is 17.5 Å². The normalized spacial score (nSPS) is 13.2. The summed E-state index contributed by atoms with van der Waals surface area (Å²) in [6.07, 6.45) is 5.42. The number of fused-ring (bicyclic) bond motifs is 1. The van der Waals surface area contributed by atoms with E-state index in [1.165, 1.54) is 41.6 Å². The molecule has 0 aliphatic heterocycles. The number of benzene rings is 1. The second kappa shape index (κ2) is 4.92. The van der Waals surface area contributed by atoms with E-state index in [0.29, 0.717) is 5.88 Å². The van der Waals surface area contributed by atoms with Gasteiger partial charge in [-0.15, -0.1) is 0 Å². The van der Waals surface area contributed by atoms with Gasteiger partial charge >= 0.3 is 0 Å². The third-order valence-corrected chi connectivity index (χ3v) is 3.79. The van der Waals surface area contributed by atoms with Gasteiger partial charge in [-0.1, -0.05) is 12.1 Å². The Bertz CT molecular complexity index is 608. The molecule has 0 unspecified atom stereocenters. The first-order valence-electron chi connectivity index (χ1n) is 6.66. The lowest BCUT2D eigenvalue weighted by Crippen LogP contribution is -1.98. The zero-order chi connectivity index (χ0) is 13.2. The summed E-state index contributed by atoms with van der Waals surface area (Å²) in [5.41, 5.74) is 6.57. The predicted octanol–water partition coefficient (Wildman–Crippen LogP) is 3.29. The summed E-state index contributed by atoms with van der Waals surface area (Å²) in [5, 5.41) is 3.37. The molecule has 1 aliphatic carbocycles. The summed E-state index contributed by atoms with van der Waals surface area (Å²) in [7, 11) is 3.64. The van der Waals surface area contributed by atoms with Crippen LogP contribution in [0.5, 0.6) is 5.88 Å².